The summed E-state index contributed by atoms with van der Waals surface area (Å²) in [4.78, 5) is 26.9. The minimum absolute atomic E-state index is 0.171. The maximum atomic E-state index is 14.0. The number of ether oxygens (including phenoxy) is 1. The van der Waals surface area contributed by atoms with E-state index in [0.29, 0.717) is 41.0 Å². The molecule has 0 unspecified atom stereocenters. The van der Waals surface area contributed by atoms with Crippen molar-refractivity contribution in [3.8, 4) is 11.5 Å². The Bertz CT molecular complexity index is 1310. The van der Waals surface area contributed by atoms with Gasteiger partial charge in [-0.05, 0) is 30.3 Å². The number of nitrogens with zero attached hydrogens (tertiary/aromatic N) is 2. The molecule has 30 heavy (non-hydrogen) atoms. The van der Waals surface area contributed by atoms with E-state index in [1.807, 2.05) is 0 Å². The molecule has 0 spiro atoms. The van der Waals surface area contributed by atoms with Gasteiger partial charge in [-0.2, -0.15) is 4.98 Å². The van der Waals surface area contributed by atoms with E-state index in [1.165, 1.54) is 17.0 Å². The van der Waals surface area contributed by atoms with Gasteiger partial charge in [0, 0.05) is 23.3 Å². The van der Waals surface area contributed by atoms with E-state index >= 15 is 0 Å². The minimum atomic E-state index is -1.03. The molecular formula is C22H13F3N2O3. The van der Waals surface area contributed by atoms with E-state index in [4.69, 9.17) is 4.74 Å². The lowest BCUT2D eigenvalue weighted by atomic mass is 10.1. The Kier molecular flexibility index (Phi) is 5.05. The summed E-state index contributed by atoms with van der Waals surface area (Å²) in [6.45, 7) is -0.288. The lowest BCUT2D eigenvalue weighted by Gasteiger charge is -2.13. The second-order valence-corrected chi connectivity index (χ2v) is 6.50. The van der Waals surface area contributed by atoms with Gasteiger partial charge in [-0.15, -0.1) is 0 Å². The molecule has 150 valence electrons. The SMILES string of the molecule is O=Cc1cccc(Oc2ccc3c(c2)c(=O)ncn3Cc2c(F)cc(F)cc2F)c1. The van der Waals surface area contributed by atoms with Crippen LogP contribution < -0.4 is 10.3 Å². The van der Waals surface area contributed by atoms with E-state index in [1.54, 1.807) is 36.4 Å². The van der Waals surface area contributed by atoms with Crippen LogP contribution in [0.4, 0.5) is 13.2 Å². The van der Waals surface area contributed by atoms with Crippen LogP contribution in [0.25, 0.3) is 10.9 Å². The average Bonchev–Trinajstić information content (AvgIpc) is 2.72. The molecule has 1 heterocycles. The summed E-state index contributed by atoms with van der Waals surface area (Å²) in [6.07, 6.45) is 1.85. The molecule has 4 aromatic rings. The monoisotopic (exact) mass is 410 g/mol. The number of hydrogen-bond donors (Lipinski definition) is 0. The molecule has 1 aromatic heterocycles. The van der Waals surface area contributed by atoms with Gasteiger partial charge in [0.1, 0.15) is 35.2 Å². The summed E-state index contributed by atoms with van der Waals surface area (Å²) >= 11 is 0. The molecule has 0 saturated heterocycles. The van der Waals surface area contributed by atoms with Gasteiger partial charge >= 0.3 is 0 Å². The molecule has 3 aromatic carbocycles. The van der Waals surface area contributed by atoms with Crippen LogP contribution in [0.5, 0.6) is 11.5 Å². The highest BCUT2D eigenvalue weighted by Crippen LogP contribution is 2.25. The van der Waals surface area contributed by atoms with Gasteiger partial charge in [0.25, 0.3) is 5.56 Å². The molecular weight excluding hydrogens is 397 g/mol. The van der Waals surface area contributed by atoms with E-state index in [0.717, 1.165) is 0 Å². The van der Waals surface area contributed by atoms with Gasteiger partial charge in [0.05, 0.1) is 23.8 Å². The molecule has 0 N–H and O–H groups in total. The lowest BCUT2D eigenvalue weighted by molar-refractivity contribution is 0.112. The first-order valence-electron chi connectivity index (χ1n) is 8.80. The standard InChI is InChI=1S/C22H13F3N2O3/c23-14-7-19(24)18(20(25)8-14)10-27-12-26-22(29)17-9-16(4-5-21(17)27)30-15-3-1-2-13(6-15)11-28/h1-9,11-12H,10H2. The van der Waals surface area contributed by atoms with Gasteiger partial charge in [-0.25, -0.2) is 13.2 Å². The molecule has 8 heteroatoms. The minimum Gasteiger partial charge on any atom is -0.457 e. The highest BCUT2D eigenvalue weighted by atomic mass is 19.1. The number of rotatable bonds is 5. The summed E-state index contributed by atoms with van der Waals surface area (Å²) in [6, 6.07) is 12.2. The number of aromatic nitrogens is 2. The van der Waals surface area contributed by atoms with Crippen molar-refractivity contribution in [3.63, 3.8) is 0 Å². The zero-order valence-corrected chi connectivity index (χ0v) is 15.3. The maximum Gasteiger partial charge on any atom is 0.280 e. The first kappa shape index (κ1) is 19.4. The molecule has 5 nitrogen and oxygen atoms in total. The quantitative estimate of drug-likeness (QED) is 0.456. The van der Waals surface area contributed by atoms with E-state index < -0.39 is 23.0 Å². The van der Waals surface area contributed by atoms with Gasteiger partial charge in [0.15, 0.2) is 0 Å². The topological polar surface area (TPSA) is 61.2 Å². The third kappa shape index (κ3) is 3.80. The number of halogens is 3. The fourth-order valence-corrected chi connectivity index (χ4v) is 3.06. The summed E-state index contributed by atoms with van der Waals surface area (Å²) in [5.74, 6) is -2.36. The summed E-state index contributed by atoms with van der Waals surface area (Å²) < 4.78 is 48.3. The van der Waals surface area contributed by atoms with Crippen molar-refractivity contribution in [2.75, 3.05) is 0 Å². The Morgan fingerprint density at radius 3 is 2.43 bits per heavy atom. The molecule has 0 radical (unpaired) electrons. The molecule has 0 atom stereocenters. The molecule has 4 rings (SSSR count). The van der Waals surface area contributed by atoms with Crippen LogP contribution in [-0.4, -0.2) is 15.8 Å². The fourth-order valence-electron chi connectivity index (χ4n) is 3.06. The number of hydrogen-bond acceptors (Lipinski definition) is 4. The average molecular weight is 410 g/mol. The zero-order chi connectivity index (χ0) is 21.3. The Labute approximate surface area is 168 Å². The second-order valence-electron chi connectivity index (χ2n) is 6.50. The summed E-state index contributed by atoms with van der Waals surface area (Å²) in [5.41, 5.74) is -0.102. The second kappa shape index (κ2) is 7.82. The van der Waals surface area contributed by atoms with Crippen LogP contribution in [0, 0.1) is 17.5 Å². The Hall–Kier alpha value is -3.94. The van der Waals surface area contributed by atoms with Crippen molar-refractivity contribution in [2.24, 2.45) is 0 Å². The third-order valence-corrected chi connectivity index (χ3v) is 4.49. The Balaban J connectivity index is 1.73. The highest BCUT2D eigenvalue weighted by Gasteiger charge is 2.14. The number of benzene rings is 3. The number of carbonyl (C=O) groups is 1. The fraction of sp³-hybridized carbons (Fsp3) is 0.0455. The predicted octanol–water partition coefficient (Wildman–Crippen LogP) is 4.47. The van der Waals surface area contributed by atoms with Crippen LogP contribution in [0.15, 0.2) is 65.7 Å². The third-order valence-electron chi connectivity index (χ3n) is 4.49. The van der Waals surface area contributed by atoms with Crippen LogP contribution >= 0.6 is 0 Å². The van der Waals surface area contributed by atoms with E-state index in [2.05, 4.69) is 4.98 Å². The number of fused-ring (bicyclic) bond motifs is 1. The first-order chi connectivity index (χ1) is 14.4. The highest BCUT2D eigenvalue weighted by molar-refractivity contribution is 5.80. The number of aldehydes is 1. The summed E-state index contributed by atoms with van der Waals surface area (Å²) in [5, 5.41) is 0.171. The number of carbonyl (C=O) groups excluding carboxylic acids is 1. The van der Waals surface area contributed by atoms with Crippen molar-refractivity contribution in [3.05, 3.63) is 99.9 Å². The van der Waals surface area contributed by atoms with E-state index in [9.17, 15) is 22.8 Å². The maximum absolute atomic E-state index is 14.0. The van der Waals surface area contributed by atoms with Crippen LogP contribution in [0.1, 0.15) is 15.9 Å². The smallest absolute Gasteiger partial charge is 0.280 e. The van der Waals surface area contributed by atoms with Crippen LogP contribution in [-0.2, 0) is 6.54 Å². The van der Waals surface area contributed by atoms with Gasteiger partial charge in [0.2, 0.25) is 0 Å². The van der Waals surface area contributed by atoms with Gasteiger partial charge < -0.3 is 9.30 Å². The normalized spacial score (nSPS) is 10.9. The van der Waals surface area contributed by atoms with Crippen molar-refractivity contribution < 1.29 is 22.7 Å². The Morgan fingerprint density at radius 2 is 1.70 bits per heavy atom. The van der Waals surface area contributed by atoms with Gasteiger partial charge in [-0.3, -0.25) is 9.59 Å². The molecule has 0 aliphatic carbocycles. The summed E-state index contributed by atoms with van der Waals surface area (Å²) in [7, 11) is 0. The molecule has 0 aliphatic rings. The van der Waals surface area contributed by atoms with Crippen molar-refractivity contribution in [1.29, 1.82) is 0 Å². The van der Waals surface area contributed by atoms with Crippen molar-refractivity contribution in [2.45, 2.75) is 6.54 Å². The zero-order valence-electron chi connectivity index (χ0n) is 15.3. The first-order valence-corrected chi connectivity index (χ1v) is 8.80. The van der Waals surface area contributed by atoms with Crippen LogP contribution in [0.2, 0.25) is 0 Å². The molecule has 0 fully saturated rings. The van der Waals surface area contributed by atoms with E-state index in [-0.39, 0.29) is 17.5 Å². The largest absolute Gasteiger partial charge is 0.457 e. The molecule has 0 saturated carbocycles. The predicted molar refractivity (Wildman–Crippen MR) is 103 cm³/mol. The molecule has 0 bridgehead atoms. The molecule has 0 aliphatic heterocycles. The van der Waals surface area contributed by atoms with Crippen molar-refractivity contribution in [1.82, 2.24) is 9.55 Å². The molecule has 0 amide bonds. The Morgan fingerprint density at radius 1 is 0.967 bits per heavy atom. The lowest BCUT2D eigenvalue weighted by Crippen LogP contribution is -2.14. The van der Waals surface area contributed by atoms with Crippen molar-refractivity contribution >= 4 is 17.2 Å². The van der Waals surface area contributed by atoms with Crippen LogP contribution in [0.3, 0.4) is 0 Å². The van der Waals surface area contributed by atoms with Gasteiger partial charge in [-0.1, -0.05) is 12.1 Å².